The Morgan fingerprint density at radius 3 is 2.79 bits per heavy atom. The molecule has 0 aliphatic carbocycles. The molecule has 0 atom stereocenters. The third kappa shape index (κ3) is 3.78. The molecular formula is C21H22N6O. The van der Waals surface area contributed by atoms with Crippen LogP contribution in [0.1, 0.15) is 24.7 Å². The molecule has 3 aromatic heterocycles. The van der Waals surface area contributed by atoms with Gasteiger partial charge in [-0.25, -0.2) is 15.0 Å². The normalized spacial score (nSPS) is 10.9. The second-order valence-electron chi connectivity index (χ2n) is 6.50. The maximum absolute atomic E-state index is 5.57. The third-order valence-electron chi connectivity index (χ3n) is 4.47. The van der Waals surface area contributed by atoms with Crippen molar-refractivity contribution in [3.05, 3.63) is 66.4 Å². The minimum absolute atomic E-state index is 0.480. The Labute approximate surface area is 163 Å². The molecule has 0 saturated heterocycles. The average molecular weight is 374 g/mol. The van der Waals surface area contributed by atoms with Crippen LogP contribution in [-0.4, -0.2) is 24.7 Å². The van der Waals surface area contributed by atoms with E-state index in [-0.39, 0.29) is 0 Å². The summed E-state index contributed by atoms with van der Waals surface area (Å²) in [5.74, 6) is 1.15. The lowest BCUT2D eigenvalue weighted by Crippen LogP contribution is -2.04. The zero-order chi connectivity index (χ0) is 19.3. The standard InChI is InChI=1S/C21H22N6O/c1-3-11-27-15(2)18(13-24-27)19-9-10-22-21(26-19)23-12-17-14-28-20(25-17)16-7-5-4-6-8-16/h4-10,13-14H,3,11-12H2,1-2H3,(H,22,23,26). The van der Waals surface area contributed by atoms with Crippen LogP contribution in [0.25, 0.3) is 22.7 Å². The van der Waals surface area contributed by atoms with Gasteiger partial charge >= 0.3 is 0 Å². The van der Waals surface area contributed by atoms with E-state index in [2.05, 4.69) is 39.2 Å². The monoisotopic (exact) mass is 374 g/mol. The molecule has 0 aliphatic rings. The van der Waals surface area contributed by atoms with E-state index in [1.807, 2.05) is 47.3 Å². The smallest absolute Gasteiger partial charge is 0.226 e. The van der Waals surface area contributed by atoms with Gasteiger partial charge in [-0.05, 0) is 31.5 Å². The lowest BCUT2D eigenvalue weighted by atomic mass is 10.2. The molecule has 0 amide bonds. The molecule has 7 heteroatoms. The Morgan fingerprint density at radius 1 is 1.11 bits per heavy atom. The van der Waals surface area contributed by atoms with Crippen molar-refractivity contribution < 1.29 is 4.42 Å². The van der Waals surface area contributed by atoms with Crippen LogP contribution in [0, 0.1) is 6.92 Å². The third-order valence-corrected chi connectivity index (χ3v) is 4.47. The molecular weight excluding hydrogens is 352 g/mol. The van der Waals surface area contributed by atoms with Gasteiger partial charge in [-0.2, -0.15) is 5.10 Å². The van der Waals surface area contributed by atoms with Crippen molar-refractivity contribution in [3.8, 4) is 22.7 Å². The van der Waals surface area contributed by atoms with E-state index in [1.54, 1.807) is 12.5 Å². The highest BCUT2D eigenvalue weighted by Gasteiger charge is 2.11. The zero-order valence-corrected chi connectivity index (χ0v) is 16.0. The summed E-state index contributed by atoms with van der Waals surface area (Å²) in [7, 11) is 0. The Morgan fingerprint density at radius 2 is 1.96 bits per heavy atom. The van der Waals surface area contributed by atoms with Crippen molar-refractivity contribution in [1.82, 2.24) is 24.7 Å². The Hall–Kier alpha value is -3.48. The Kier molecular flexibility index (Phi) is 5.14. The molecule has 0 unspecified atom stereocenters. The molecule has 1 N–H and O–H groups in total. The van der Waals surface area contributed by atoms with Gasteiger partial charge in [0.25, 0.3) is 0 Å². The van der Waals surface area contributed by atoms with Crippen molar-refractivity contribution in [2.24, 2.45) is 0 Å². The molecule has 0 saturated carbocycles. The van der Waals surface area contributed by atoms with E-state index in [9.17, 15) is 0 Å². The van der Waals surface area contributed by atoms with Gasteiger partial charge in [-0.1, -0.05) is 25.1 Å². The largest absolute Gasteiger partial charge is 0.444 e. The van der Waals surface area contributed by atoms with Crippen molar-refractivity contribution in [3.63, 3.8) is 0 Å². The van der Waals surface area contributed by atoms with E-state index in [4.69, 9.17) is 4.42 Å². The van der Waals surface area contributed by atoms with Crippen LogP contribution in [0.5, 0.6) is 0 Å². The maximum Gasteiger partial charge on any atom is 0.226 e. The number of aryl methyl sites for hydroxylation is 1. The Balaban J connectivity index is 1.47. The van der Waals surface area contributed by atoms with Crippen LogP contribution >= 0.6 is 0 Å². The fourth-order valence-electron chi connectivity index (χ4n) is 3.00. The number of nitrogens with one attached hydrogen (secondary N) is 1. The predicted octanol–water partition coefficient (Wildman–Crippen LogP) is 4.33. The number of rotatable bonds is 7. The minimum Gasteiger partial charge on any atom is -0.444 e. The molecule has 7 nitrogen and oxygen atoms in total. The molecule has 4 aromatic rings. The molecule has 0 spiro atoms. The fourth-order valence-corrected chi connectivity index (χ4v) is 3.00. The van der Waals surface area contributed by atoms with Gasteiger partial charge in [0.15, 0.2) is 0 Å². The van der Waals surface area contributed by atoms with Crippen molar-refractivity contribution >= 4 is 5.95 Å². The SMILES string of the molecule is CCCn1ncc(-c2ccnc(NCc3coc(-c4ccccc4)n3)n2)c1C. The van der Waals surface area contributed by atoms with Gasteiger partial charge in [-0.3, -0.25) is 4.68 Å². The van der Waals surface area contributed by atoms with E-state index in [0.29, 0.717) is 18.4 Å². The summed E-state index contributed by atoms with van der Waals surface area (Å²) in [5, 5.41) is 7.67. The van der Waals surface area contributed by atoms with Crippen LogP contribution < -0.4 is 5.32 Å². The lowest BCUT2D eigenvalue weighted by Gasteiger charge is -2.06. The van der Waals surface area contributed by atoms with Gasteiger partial charge in [0, 0.05) is 29.6 Å². The van der Waals surface area contributed by atoms with E-state index < -0.39 is 0 Å². The first kappa shape index (κ1) is 17.9. The van der Waals surface area contributed by atoms with Gasteiger partial charge in [0.05, 0.1) is 24.1 Å². The number of aromatic nitrogens is 5. The number of oxazole rings is 1. The summed E-state index contributed by atoms with van der Waals surface area (Å²) in [5.41, 5.74) is 4.72. The van der Waals surface area contributed by atoms with Crippen LogP contribution in [0.3, 0.4) is 0 Å². The number of benzene rings is 1. The zero-order valence-electron chi connectivity index (χ0n) is 16.0. The van der Waals surface area contributed by atoms with Crippen LogP contribution in [-0.2, 0) is 13.1 Å². The minimum atomic E-state index is 0.480. The average Bonchev–Trinajstić information content (AvgIpc) is 3.35. The fraction of sp³-hybridized carbons (Fsp3) is 0.238. The van der Waals surface area contributed by atoms with Crippen molar-refractivity contribution in [1.29, 1.82) is 0 Å². The molecule has 0 fully saturated rings. The highest BCUT2D eigenvalue weighted by atomic mass is 16.3. The number of hydrogen-bond donors (Lipinski definition) is 1. The molecule has 3 heterocycles. The quantitative estimate of drug-likeness (QED) is 0.519. The second kappa shape index (κ2) is 8.04. The maximum atomic E-state index is 5.57. The summed E-state index contributed by atoms with van der Waals surface area (Å²) in [6.45, 7) is 5.58. The van der Waals surface area contributed by atoms with E-state index in [1.165, 1.54) is 0 Å². The first-order valence-electron chi connectivity index (χ1n) is 9.34. The molecule has 1 aromatic carbocycles. The molecule has 0 radical (unpaired) electrons. The molecule has 28 heavy (non-hydrogen) atoms. The highest BCUT2D eigenvalue weighted by molar-refractivity contribution is 5.61. The van der Waals surface area contributed by atoms with E-state index >= 15 is 0 Å². The van der Waals surface area contributed by atoms with Crippen LogP contribution in [0.15, 0.2) is 59.5 Å². The predicted molar refractivity (Wildman–Crippen MR) is 108 cm³/mol. The van der Waals surface area contributed by atoms with Crippen molar-refractivity contribution in [2.45, 2.75) is 33.4 Å². The van der Waals surface area contributed by atoms with Gasteiger partial charge < -0.3 is 9.73 Å². The first-order valence-corrected chi connectivity index (χ1v) is 9.34. The summed E-state index contributed by atoms with van der Waals surface area (Å²) >= 11 is 0. The lowest BCUT2D eigenvalue weighted by molar-refractivity contribution is 0.573. The van der Waals surface area contributed by atoms with Crippen molar-refractivity contribution in [2.75, 3.05) is 5.32 Å². The summed E-state index contributed by atoms with van der Waals surface area (Å²) in [4.78, 5) is 13.4. The number of nitrogens with zero attached hydrogens (tertiary/aromatic N) is 5. The molecule has 142 valence electrons. The Bertz CT molecular complexity index is 1050. The van der Waals surface area contributed by atoms with Gasteiger partial charge in [-0.15, -0.1) is 0 Å². The van der Waals surface area contributed by atoms with Gasteiger partial charge in [0.2, 0.25) is 11.8 Å². The molecule has 0 aliphatic heterocycles. The molecule has 4 rings (SSSR count). The summed E-state index contributed by atoms with van der Waals surface area (Å²) in [6, 6.07) is 11.7. The van der Waals surface area contributed by atoms with Crippen LogP contribution in [0.4, 0.5) is 5.95 Å². The summed E-state index contributed by atoms with van der Waals surface area (Å²) < 4.78 is 7.58. The molecule has 0 bridgehead atoms. The first-order chi connectivity index (χ1) is 13.7. The number of anilines is 1. The van der Waals surface area contributed by atoms with Crippen LogP contribution in [0.2, 0.25) is 0 Å². The topological polar surface area (TPSA) is 81.7 Å². The number of hydrogen-bond acceptors (Lipinski definition) is 6. The summed E-state index contributed by atoms with van der Waals surface area (Å²) in [6.07, 6.45) is 6.31. The van der Waals surface area contributed by atoms with E-state index in [0.717, 1.165) is 41.2 Å². The van der Waals surface area contributed by atoms with Gasteiger partial charge in [0.1, 0.15) is 6.26 Å². The second-order valence-corrected chi connectivity index (χ2v) is 6.50. The highest BCUT2D eigenvalue weighted by Crippen LogP contribution is 2.22.